The molecular weight excluding hydrogens is 336 g/mol. The standard InChI is InChI=1S/C15H17BrN2O3/c1-18-11(4-5-17-18)2-3-13(19)10-8-12(16)15-14(9-10)20-6-7-21-15/h4-5,8-9,13,19H,2-3,6-7H2,1H3. The van der Waals surface area contributed by atoms with Crippen LogP contribution < -0.4 is 9.47 Å². The quantitative estimate of drug-likeness (QED) is 0.918. The summed E-state index contributed by atoms with van der Waals surface area (Å²) in [6, 6.07) is 5.71. The van der Waals surface area contributed by atoms with Crippen molar-refractivity contribution < 1.29 is 14.6 Å². The van der Waals surface area contributed by atoms with Crippen molar-refractivity contribution in [1.29, 1.82) is 0 Å². The third kappa shape index (κ3) is 3.06. The SMILES string of the molecule is Cn1nccc1CCC(O)c1cc(Br)c2c(c1)OCCO2. The highest BCUT2D eigenvalue weighted by Gasteiger charge is 2.19. The first kappa shape index (κ1) is 14.4. The fourth-order valence-electron chi connectivity index (χ4n) is 2.42. The summed E-state index contributed by atoms with van der Waals surface area (Å²) in [6.07, 6.45) is 2.62. The lowest BCUT2D eigenvalue weighted by Crippen LogP contribution is -2.16. The topological polar surface area (TPSA) is 56.5 Å². The van der Waals surface area contributed by atoms with Crippen molar-refractivity contribution in [3.63, 3.8) is 0 Å². The Hall–Kier alpha value is -1.53. The predicted molar refractivity (Wildman–Crippen MR) is 81.6 cm³/mol. The lowest BCUT2D eigenvalue weighted by Gasteiger charge is -2.21. The number of benzene rings is 1. The summed E-state index contributed by atoms with van der Waals surface area (Å²) < 4.78 is 13.8. The van der Waals surface area contributed by atoms with Gasteiger partial charge in [0.15, 0.2) is 11.5 Å². The molecule has 0 amide bonds. The van der Waals surface area contributed by atoms with E-state index in [1.807, 2.05) is 29.9 Å². The minimum Gasteiger partial charge on any atom is -0.486 e. The van der Waals surface area contributed by atoms with E-state index in [9.17, 15) is 5.11 Å². The summed E-state index contributed by atoms with van der Waals surface area (Å²) in [5.41, 5.74) is 1.93. The van der Waals surface area contributed by atoms with Crippen LogP contribution in [0.1, 0.15) is 23.8 Å². The fourth-order valence-corrected chi connectivity index (χ4v) is 3.00. The molecule has 1 N–H and O–H groups in total. The highest BCUT2D eigenvalue weighted by molar-refractivity contribution is 9.10. The van der Waals surface area contributed by atoms with Gasteiger partial charge in [0, 0.05) is 18.9 Å². The Labute approximate surface area is 131 Å². The molecule has 1 aliphatic rings. The van der Waals surface area contributed by atoms with Crippen LogP contribution in [0.15, 0.2) is 28.9 Å². The molecule has 21 heavy (non-hydrogen) atoms. The number of aliphatic hydroxyl groups is 1. The first-order chi connectivity index (χ1) is 10.1. The van der Waals surface area contributed by atoms with Gasteiger partial charge in [0.2, 0.25) is 0 Å². The highest BCUT2D eigenvalue weighted by Crippen LogP contribution is 2.40. The smallest absolute Gasteiger partial charge is 0.175 e. The molecule has 2 heterocycles. The molecule has 0 fully saturated rings. The molecule has 6 heteroatoms. The molecule has 1 atom stereocenters. The summed E-state index contributed by atoms with van der Waals surface area (Å²) in [4.78, 5) is 0. The van der Waals surface area contributed by atoms with Crippen molar-refractivity contribution in [2.75, 3.05) is 13.2 Å². The van der Waals surface area contributed by atoms with Gasteiger partial charge in [-0.25, -0.2) is 0 Å². The van der Waals surface area contributed by atoms with Gasteiger partial charge in [-0.2, -0.15) is 5.10 Å². The summed E-state index contributed by atoms with van der Waals surface area (Å²) in [5, 5.41) is 14.5. The van der Waals surface area contributed by atoms with Crippen LogP contribution >= 0.6 is 15.9 Å². The average molecular weight is 353 g/mol. The summed E-state index contributed by atoms with van der Waals surface area (Å²) in [6.45, 7) is 1.09. The van der Waals surface area contributed by atoms with Crippen LogP contribution in [0.5, 0.6) is 11.5 Å². The van der Waals surface area contributed by atoms with Gasteiger partial charge in [0.05, 0.1) is 10.6 Å². The largest absolute Gasteiger partial charge is 0.486 e. The van der Waals surface area contributed by atoms with Gasteiger partial charge in [0.1, 0.15) is 13.2 Å². The first-order valence-corrected chi connectivity index (χ1v) is 7.68. The zero-order valence-corrected chi connectivity index (χ0v) is 13.3. The van der Waals surface area contributed by atoms with Gasteiger partial charge in [0.25, 0.3) is 0 Å². The van der Waals surface area contributed by atoms with Gasteiger partial charge in [-0.15, -0.1) is 0 Å². The van der Waals surface area contributed by atoms with Gasteiger partial charge < -0.3 is 14.6 Å². The third-order valence-corrected chi connectivity index (χ3v) is 4.19. The zero-order chi connectivity index (χ0) is 14.8. The second-order valence-electron chi connectivity index (χ2n) is 5.03. The maximum Gasteiger partial charge on any atom is 0.175 e. The van der Waals surface area contributed by atoms with Crippen LogP contribution in [-0.4, -0.2) is 28.1 Å². The number of hydrogen-bond donors (Lipinski definition) is 1. The number of fused-ring (bicyclic) bond motifs is 1. The molecule has 112 valence electrons. The van der Waals surface area contributed by atoms with E-state index in [4.69, 9.17) is 9.47 Å². The van der Waals surface area contributed by atoms with E-state index in [1.54, 1.807) is 6.20 Å². The van der Waals surface area contributed by atoms with Gasteiger partial charge in [-0.1, -0.05) is 0 Å². The highest BCUT2D eigenvalue weighted by atomic mass is 79.9. The van der Waals surface area contributed by atoms with Crippen molar-refractivity contribution >= 4 is 15.9 Å². The molecule has 0 saturated carbocycles. The second kappa shape index (κ2) is 6.07. The average Bonchev–Trinajstić information content (AvgIpc) is 2.90. The molecule has 1 aromatic heterocycles. The second-order valence-corrected chi connectivity index (χ2v) is 5.88. The van der Waals surface area contributed by atoms with E-state index in [-0.39, 0.29) is 0 Å². The van der Waals surface area contributed by atoms with Crippen LogP contribution in [0.3, 0.4) is 0 Å². The lowest BCUT2D eigenvalue weighted by atomic mass is 10.0. The third-order valence-electron chi connectivity index (χ3n) is 3.60. The Morgan fingerprint density at radius 3 is 2.95 bits per heavy atom. The van der Waals surface area contributed by atoms with Crippen molar-refractivity contribution in [2.45, 2.75) is 18.9 Å². The molecule has 3 rings (SSSR count). The Kier molecular flexibility index (Phi) is 4.17. The van der Waals surface area contributed by atoms with E-state index < -0.39 is 6.10 Å². The Morgan fingerprint density at radius 1 is 1.38 bits per heavy atom. The van der Waals surface area contributed by atoms with E-state index in [1.165, 1.54) is 0 Å². The molecule has 0 aliphatic carbocycles. The molecule has 0 saturated heterocycles. The monoisotopic (exact) mass is 352 g/mol. The summed E-state index contributed by atoms with van der Waals surface area (Å²) in [7, 11) is 1.91. The molecule has 5 nitrogen and oxygen atoms in total. The van der Waals surface area contributed by atoms with Crippen LogP contribution in [0.25, 0.3) is 0 Å². The molecule has 1 unspecified atom stereocenters. The number of aromatic nitrogens is 2. The molecule has 1 aliphatic heterocycles. The molecule has 0 bridgehead atoms. The molecule has 0 radical (unpaired) electrons. The first-order valence-electron chi connectivity index (χ1n) is 6.89. The summed E-state index contributed by atoms with van der Waals surface area (Å²) in [5.74, 6) is 1.40. The number of nitrogens with zero attached hydrogens (tertiary/aromatic N) is 2. The number of ether oxygens (including phenoxy) is 2. The van der Waals surface area contributed by atoms with Crippen molar-refractivity contribution in [1.82, 2.24) is 9.78 Å². The Bertz CT molecular complexity index is 642. The van der Waals surface area contributed by atoms with Gasteiger partial charge >= 0.3 is 0 Å². The van der Waals surface area contributed by atoms with Crippen LogP contribution in [0.4, 0.5) is 0 Å². The number of aryl methyl sites for hydroxylation is 2. The Balaban J connectivity index is 1.74. The van der Waals surface area contributed by atoms with E-state index >= 15 is 0 Å². The summed E-state index contributed by atoms with van der Waals surface area (Å²) >= 11 is 3.47. The number of aliphatic hydroxyl groups excluding tert-OH is 1. The number of halogens is 1. The van der Waals surface area contributed by atoms with Crippen LogP contribution in [0, 0.1) is 0 Å². The van der Waals surface area contributed by atoms with Crippen LogP contribution in [0.2, 0.25) is 0 Å². The fraction of sp³-hybridized carbons (Fsp3) is 0.400. The van der Waals surface area contributed by atoms with Crippen LogP contribution in [-0.2, 0) is 13.5 Å². The van der Waals surface area contributed by atoms with E-state index in [0.29, 0.717) is 31.1 Å². The van der Waals surface area contributed by atoms with Gasteiger partial charge in [-0.05, 0) is 52.5 Å². The minimum atomic E-state index is -0.549. The maximum absolute atomic E-state index is 10.4. The minimum absolute atomic E-state index is 0.536. The predicted octanol–water partition coefficient (Wildman–Crippen LogP) is 2.62. The molecule has 2 aromatic rings. The maximum atomic E-state index is 10.4. The van der Waals surface area contributed by atoms with E-state index in [2.05, 4.69) is 21.0 Å². The molecule has 0 spiro atoms. The lowest BCUT2D eigenvalue weighted by molar-refractivity contribution is 0.158. The van der Waals surface area contributed by atoms with E-state index in [0.717, 1.165) is 22.2 Å². The van der Waals surface area contributed by atoms with Crippen molar-refractivity contribution in [3.8, 4) is 11.5 Å². The van der Waals surface area contributed by atoms with Crippen molar-refractivity contribution in [2.24, 2.45) is 7.05 Å². The van der Waals surface area contributed by atoms with Gasteiger partial charge in [-0.3, -0.25) is 4.68 Å². The number of rotatable bonds is 4. The molecule has 1 aromatic carbocycles. The van der Waals surface area contributed by atoms with Crippen molar-refractivity contribution in [3.05, 3.63) is 40.1 Å². The normalized spacial score (nSPS) is 15.0. The zero-order valence-electron chi connectivity index (χ0n) is 11.8. The number of hydrogen-bond acceptors (Lipinski definition) is 4. The Morgan fingerprint density at radius 2 is 2.19 bits per heavy atom. The molecular formula is C15H17BrN2O3.